The second kappa shape index (κ2) is 8.52. The van der Waals surface area contributed by atoms with Gasteiger partial charge in [-0.05, 0) is 39.3 Å². The van der Waals surface area contributed by atoms with E-state index in [2.05, 4.69) is 17.6 Å². The van der Waals surface area contributed by atoms with Crippen LogP contribution in [0.1, 0.15) is 45.9 Å². The molecule has 1 aromatic rings. The number of furan rings is 1. The number of hydrogen-bond acceptors (Lipinski definition) is 4. The minimum atomic E-state index is -0.466. The molecule has 1 unspecified atom stereocenters. The Balaban J connectivity index is 2.19. The highest BCUT2D eigenvalue weighted by molar-refractivity contribution is 5.67. The van der Waals surface area contributed by atoms with E-state index in [0.29, 0.717) is 6.54 Å². The number of alkyl carbamates (subject to hydrolysis) is 1. The van der Waals surface area contributed by atoms with Crippen molar-refractivity contribution in [2.24, 2.45) is 0 Å². The van der Waals surface area contributed by atoms with Crippen LogP contribution < -0.4 is 10.6 Å². The zero-order valence-corrected chi connectivity index (χ0v) is 13.3. The van der Waals surface area contributed by atoms with Crippen molar-refractivity contribution in [3.8, 4) is 0 Å². The first-order valence-corrected chi connectivity index (χ1v) is 7.31. The van der Waals surface area contributed by atoms with Crippen molar-refractivity contribution in [1.82, 2.24) is 10.6 Å². The third kappa shape index (κ3) is 7.56. The second-order valence-corrected chi connectivity index (χ2v) is 5.74. The van der Waals surface area contributed by atoms with Crippen LogP contribution in [0, 0.1) is 0 Å². The second-order valence-electron chi connectivity index (χ2n) is 5.74. The van der Waals surface area contributed by atoms with Gasteiger partial charge < -0.3 is 19.8 Å². The van der Waals surface area contributed by atoms with Gasteiger partial charge in [0.25, 0.3) is 0 Å². The first-order valence-electron chi connectivity index (χ1n) is 7.31. The predicted molar refractivity (Wildman–Crippen MR) is 83.1 cm³/mol. The highest BCUT2D eigenvalue weighted by Crippen LogP contribution is 2.16. The molecule has 5 nitrogen and oxygen atoms in total. The smallest absolute Gasteiger partial charge is 0.407 e. The Morgan fingerprint density at radius 3 is 2.67 bits per heavy atom. The van der Waals surface area contributed by atoms with Gasteiger partial charge in [-0.15, -0.1) is 0 Å². The summed E-state index contributed by atoms with van der Waals surface area (Å²) in [5, 5.41) is 6.05. The Morgan fingerprint density at radius 2 is 2.10 bits per heavy atom. The summed E-state index contributed by atoms with van der Waals surface area (Å²) in [5.41, 5.74) is -0.466. The number of rotatable bonds is 7. The van der Waals surface area contributed by atoms with Crippen molar-refractivity contribution in [3.63, 3.8) is 0 Å². The van der Waals surface area contributed by atoms with Crippen molar-refractivity contribution in [2.75, 3.05) is 13.1 Å². The van der Waals surface area contributed by atoms with E-state index < -0.39 is 11.7 Å². The van der Waals surface area contributed by atoms with Crippen molar-refractivity contribution in [3.05, 3.63) is 36.3 Å². The van der Waals surface area contributed by atoms with Gasteiger partial charge in [-0.25, -0.2) is 4.79 Å². The van der Waals surface area contributed by atoms with E-state index in [1.165, 1.54) is 0 Å². The zero-order chi connectivity index (χ0) is 15.7. The number of amides is 1. The van der Waals surface area contributed by atoms with Crippen LogP contribution in [0.25, 0.3) is 0 Å². The molecule has 0 radical (unpaired) electrons. The molecule has 0 saturated carbocycles. The van der Waals surface area contributed by atoms with E-state index in [1.807, 2.05) is 45.1 Å². The van der Waals surface area contributed by atoms with E-state index in [9.17, 15) is 4.79 Å². The third-order valence-corrected chi connectivity index (χ3v) is 2.71. The minimum absolute atomic E-state index is 0.212. The normalized spacial score (nSPS) is 13.3. The molecule has 1 heterocycles. The lowest BCUT2D eigenvalue weighted by molar-refractivity contribution is 0.0534. The predicted octanol–water partition coefficient (Wildman–Crippen LogP) is 3.40. The molecule has 0 bridgehead atoms. The lowest BCUT2D eigenvalue weighted by Crippen LogP contribution is -2.32. The molecule has 0 aromatic carbocycles. The van der Waals surface area contributed by atoms with E-state index >= 15 is 0 Å². The SMILES string of the molecule is CCC(NC/C=C/CNC(=O)OC(C)(C)C)c1ccco1. The van der Waals surface area contributed by atoms with Crippen LogP contribution in [-0.2, 0) is 4.74 Å². The molecule has 0 aliphatic carbocycles. The number of carbonyl (C=O) groups is 1. The average molecular weight is 294 g/mol. The molecule has 1 rings (SSSR count). The molecule has 0 aliphatic rings. The Kier molecular flexibility index (Phi) is 7.02. The number of nitrogens with one attached hydrogen (secondary N) is 2. The Hall–Kier alpha value is -1.75. The van der Waals surface area contributed by atoms with E-state index in [0.717, 1.165) is 18.7 Å². The Labute approximate surface area is 126 Å². The summed E-state index contributed by atoms with van der Waals surface area (Å²) in [7, 11) is 0. The highest BCUT2D eigenvalue weighted by atomic mass is 16.6. The summed E-state index contributed by atoms with van der Waals surface area (Å²) in [5.74, 6) is 0.942. The largest absolute Gasteiger partial charge is 0.468 e. The van der Waals surface area contributed by atoms with Gasteiger partial charge in [-0.1, -0.05) is 19.1 Å². The molecule has 0 fully saturated rings. The van der Waals surface area contributed by atoms with E-state index in [1.54, 1.807) is 6.26 Å². The fraction of sp³-hybridized carbons (Fsp3) is 0.562. The molecule has 0 spiro atoms. The molecule has 1 amide bonds. The van der Waals surface area contributed by atoms with E-state index in [4.69, 9.17) is 9.15 Å². The molecule has 0 aliphatic heterocycles. The van der Waals surface area contributed by atoms with Crippen LogP contribution in [0.4, 0.5) is 4.79 Å². The van der Waals surface area contributed by atoms with Crippen molar-refractivity contribution in [1.29, 1.82) is 0 Å². The lowest BCUT2D eigenvalue weighted by Gasteiger charge is -2.19. The molecule has 5 heteroatoms. The van der Waals surface area contributed by atoms with Crippen LogP contribution in [0.3, 0.4) is 0 Å². The van der Waals surface area contributed by atoms with Crippen LogP contribution in [0.2, 0.25) is 0 Å². The van der Waals surface area contributed by atoms with Gasteiger partial charge in [0.15, 0.2) is 0 Å². The van der Waals surface area contributed by atoms with Gasteiger partial charge in [0.05, 0.1) is 12.3 Å². The molecular weight excluding hydrogens is 268 g/mol. The van der Waals surface area contributed by atoms with Crippen molar-refractivity contribution >= 4 is 6.09 Å². The van der Waals surface area contributed by atoms with Gasteiger partial charge in [0.1, 0.15) is 11.4 Å². The number of ether oxygens (including phenoxy) is 1. The summed E-state index contributed by atoms with van der Waals surface area (Å²) in [6, 6.07) is 4.07. The fourth-order valence-electron chi connectivity index (χ4n) is 1.77. The van der Waals surface area contributed by atoms with Gasteiger partial charge in [0.2, 0.25) is 0 Å². The first-order chi connectivity index (χ1) is 9.92. The first kappa shape index (κ1) is 17.3. The lowest BCUT2D eigenvalue weighted by atomic mass is 10.2. The maximum Gasteiger partial charge on any atom is 0.407 e. The van der Waals surface area contributed by atoms with Gasteiger partial charge >= 0.3 is 6.09 Å². The molecule has 2 N–H and O–H groups in total. The van der Waals surface area contributed by atoms with Crippen LogP contribution >= 0.6 is 0 Å². The maximum absolute atomic E-state index is 11.4. The minimum Gasteiger partial charge on any atom is -0.468 e. The zero-order valence-electron chi connectivity index (χ0n) is 13.3. The molecule has 0 saturated heterocycles. The molecule has 1 aromatic heterocycles. The van der Waals surface area contributed by atoms with Crippen LogP contribution in [0.5, 0.6) is 0 Å². The monoisotopic (exact) mass is 294 g/mol. The molecule has 1 atom stereocenters. The average Bonchev–Trinajstić information content (AvgIpc) is 2.89. The summed E-state index contributed by atoms with van der Waals surface area (Å²) in [6.07, 6.45) is 6.11. The fourth-order valence-corrected chi connectivity index (χ4v) is 1.77. The molecule has 21 heavy (non-hydrogen) atoms. The quantitative estimate of drug-likeness (QED) is 0.757. The summed E-state index contributed by atoms with van der Waals surface area (Å²) >= 11 is 0. The van der Waals surface area contributed by atoms with Crippen molar-refractivity contribution in [2.45, 2.75) is 45.8 Å². The summed E-state index contributed by atoms with van der Waals surface area (Å²) < 4.78 is 10.5. The van der Waals surface area contributed by atoms with Gasteiger partial charge in [-0.3, -0.25) is 0 Å². The third-order valence-electron chi connectivity index (χ3n) is 2.71. The topological polar surface area (TPSA) is 63.5 Å². The molecule has 118 valence electrons. The van der Waals surface area contributed by atoms with E-state index in [-0.39, 0.29) is 6.04 Å². The number of hydrogen-bond donors (Lipinski definition) is 2. The summed E-state index contributed by atoms with van der Waals surface area (Å²) in [4.78, 5) is 11.4. The maximum atomic E-state index is 11.4. The van der Waals surface area contributed by atoms with Crippen LogP contribution in [-0.4, -0.2) is 24.8 Å². The molecular formula is C16H26N2O3. The van der Waals surface area contributed by atoms with Crippen LogP contribution in [0.15, 0.2) is 35.0 Å². The Bertz CT molecular complexity index is 433. The highest BCUT2D eigenvalue weighted by Gasteiger charge is 2.15. The standard InChI is InChI=1S/C16H26N2O3/c1-5-13(14-9-8-12-20-14)17-10-6-7-11-18-15(19)21-16(2,3)4/h6-9,12-13,17H,5,10-11H2,1-4H3,(H,18,19)/b7-6+. The Morgan fingerprint density at radius 1 is 1.38 bits per heavy atom. The van der Waals surface area contributed by atoms with Gasteiger partial charge in [-0.2, -0.15) is 0 Å². The van der Waals surface area contributed by atoms with Crippen molar-refractivity contribution < 1.29 is 13.9 Å². The number of carbonyl (C=O) groups excluding carboxylic acids is 1. The summed E-state index contributed by atoms with van der Waals surface area (Å²) in [6.45, 7) is 8.79. The van der Waals surface area contributed by atoms with Gasteiger partial charge in [0, 0.05) is 13.1 Å².